The standard InChI is InChI=1S/C24H30F3N5O2S/c1-5-17(24(25,26)27)30-18-10-12(2)15(11-28-18)20-19(23(34)32-8-6-7-14(32)4)31-22(35-20)21(33)29-16-9-13(16)3/h10-11,13-14,16-17H,5-9H2,1-4H3,(H,28,30)(H,29,33)/t13-,14+,16+,17+/m1/s1. The Labute approximate surface area is 206 Å². The second-order valence-electron chi connectivity index (χ2n) is 9.51. The molecule has 3 heterocycles. The molecule has 7 nitrogen and oxygen atoms in total. The molecule has 190 valence electrons. The van der Waals surface area contributed by atoms with Crippen LogP contribution in [0.4, 0.5) is 19.0 Å². The number of likely N-dealkylation sites (tertiary alicyclic amines) is 1. The van der Waals surface area contributed by atoms with Crippen LogP contribution in [0.3, 0.4) is 0 Å². The van der Waals surface area contributed by atoms with Crippen LogP contribution in [0.2, 0.25) is 0 Å². The minimum Gasteiger partial charge on any atom is -0.359 e. The lowest BCUT2D eigenvalue weighted by Crippen LogP contribution is -2.35. The Balaban J connectivity index is 1.67. The number of nitrogens with one attached hydrogen (secondary N) is 2. The van der Waals surface area contributed by atoms with Gasteiger partial charge in [0.1, 0.15) is 17.6 Å². The molecule has 35 heavy (non-hydrogen) atoms. The third-order valence-corrected chi connectivity index (χ3v) is 7.83. The van der Waals surface area contributed by atoms with Crippen LogP contribution in [0.15, 0.2) is 12.3 Å². The molecule has 1 saturated heterocycles. The molecule has 1 aliphatic carbocycles. The quantitative estimate of drug-likeness (QED) is 0.547. The van der Waals surface area contributed by atoms with Gasteiger partial charge in [-0.2, -0.15) is 13.2 Å². The third-order valence-electron chi connectivity index (χ3n) is 6.74. The van der Waals surface area contributed by atoms with Crippen LogP contribution in [-0.2, 0) is 0 Å². The average molecular weight is 510 g/mol. The van der Waals surface area contributed by atoms with Crippen molar-refractivity contribution < 1.29 is 22.8 Å². The number of anilines is 1. The van der Waals surface area contributed by atoms with Gasteiger partial charge in [0.2, 0.25) is 0 Å². The van der Waals surface area contributed by atoms with Crippen LogP contribution in [0.25, 0.3) is 10.4 Å². The Kier molecular flexibility index (Phi) is 7.08. The number of amides is 2. The molecular weight excluding hydrogens is 479 g/mol. The van der Waals surface area contributed by atoms with Gasteiger partial charge in [-0.3, -0.25) is 9.59 Å². The fourth-order valence-corrected chi connectivity index (χ4v) is 5.37. The number of alkyl halides is 3. The summed E-state index contributed by atoms with van der Waals surface area (Å²) in [5.41, 5.74) is 1.39. The van der Waals surface area contributed by atoms with E-state index in [1.807, 2.05) is 6.92 Å². The van der Waals surface area contributed by atoms with Gasteiger partial charge in [0.15, 0.2) is 5.01 Å². The molecule has 2 aliphatic rings. The van der Waals surface area contributed by atoms with Crippen molar-refractivity contribution in [3.05, 3.63) is 28.5 Å². The van der Waals surface area contributed by atoms with E-state index in [4.69, 9.17) is 0 Å². The number of carbonyl (C=O) groups excluding carboxylic acids is 2. The Morgan fingerprint density at radius 3 is 2.57 bits per heavy atom. The molecule has 2 aromatic heterocycles. The minimum atomic E-state index is -4.39. The fourth-order valence-electron chi connectivity index (χ4n) is 4.34. The largest absolute Gasteiger partial charge is 0.408 e. The van der Waals surface area contributed by atoms with Crippen molar-refractivity contribution in [2.24, 2.45) is 5.92 Å². The summed E-state index contributed by atoms with van der Waals surface area (Å²) >= 11 is 1.11. The van der Waals surface area contributed by atoms with Crippen molar-refractivity contribution in [1.29, 1.82) is 0 Å². The first-order valence-corrected chi connectivity index (χ1v) is 12.7. The van der Waals surface area contributed by atoms with Crippen molar-refractivity contribution >= 4 is 29.0 Å². The monoisotopic (exact) mass is 509 g/mol. The summed E-state index contributed by atoms with van der Waals surface area (Å²) < 4.78 is 39.6. The number of thiazole rings is 1. The van der Waals surface area contributed by atoms with Crippen molar-refractivity contribution in [2.75, 3.05) is 11.9 Å². The van der Waals surface area contributed by atoms with Gasteiger partial charge >= 0.3 is 6.18 Å². The van der Waals surface area contributed by atoms with Gasteiger partial charge in [-0.1, -0.05) is 13.8 Å². The van der Waals surface area contributed by atoms with Gasteiger partial charge in [0.25, 0.3) is 11.8 Å². The maximum atomic E-state index is 13.4. The maximum Gasteiger partial charge on any atom is 0.408 e. The molecule has 2 aromatic rings. The molecule has 1 aliphatic heterocycles. The predicted octanol–water partition coefficient (Wildman–Crippen LogP) is 5.03. The number of hydrogen-bond donors (Lipinski definition) is 2. The number of aryl methyl sites for hydroxylation is 1. The summed E-state index contributed by atoms with van der Waals surface area (Å²) in [4.78, 5) is 37.2. The zero-order valence-electron chi connectivity index (χ0n) is 20.2. The van der Waals surface area contributed by atoms with E-state index in [1.165, 1.54) is 19.2 Å². The average Bonchev–Trinajstić information content (AvgIpc) is 3.16. The third kappa shape index (κ3) is 5.44. The minimum absolute atomic E-state index is 0.0702. The van der Waals surface area contributed by atoms with Crippen molar-refractivity contribution in [3.63, 3.8) is 0 Å². The summed E-state index contributed by atoms with van der Waals surface area (Å²) in [6.07, 6.45) is -0.368. The Morgan fingerprint density at radius 2 is 2.03 bits per heavy atom. The summed E-state index contributed by atoms with van der Waals surface area (Å²) in [5, 5.41) is 5.59. The molecule has 0 radical (unpaired) electrons. The highest BCUT2D eigenvalue weighted by Crippen LogP contribution is 2.36. The second-order valence-corrected chi connectivity index (χ2v) is 10.5. The van der Waals surface area contributed by atoms with Crippen LogP contribution >= 0.6 is 11.3 Å². The Bertz CT molecular complexity index is 1120. The van der Waals surface area contributed by atoms with E-state index in [-0.39, 0.29) is 46.8 Å². The number of halogens is 3. The van der Waals surface area contributed by atoms with E-state index >= 15 is 0 Å². The van der Waals surface area contributed by atoms with Crippen LogP contribution in [0, 0.1) is 12.8 Å². The number of carbonyl (C=O) groups is 2. The number of rotatable bonds is 7. The number of hydrogen-bond acceptors (Lipinski definition) is 6. The van der Waals surface area contributed by atoms with Gasteiger partial charge in [-0.15, -0.1) is 11.3 Å². The topological polar surface area (TPSA) is 87.2 Å². The molecule has 2 amide bonds. The lowest BCUT2D eigenvalue weighted by atomic mass is 10.1. The Hall–Kier alpha value is -2.69. The normalized spacial score (nSPS) is 22.7. The first-order chi connectivity index (χ1) is 16.5. The summed E-state index contributed by atoms with van der Waals surface area (Å²) in [5.74, 6) is -0.0504. The van der Waals surface area contributed by atoms with Gasteiger partial charge in [-0.05, 0) is 57.1 Å². The molecule has 11 heteroatoms. The second kappa shape index (κ2) is 9.75. The van der Waals surface area contributed by atoms with Gasteiger partial charge in [0.05, 0.1) is 4.88 Å². The van der Waals surface area contributed by atoms with E-state index in [0.717, 1.165) is 30.6 Å². The van der Waals surface area contributed by atoms with Crippen molar-refractivity contribution in [3.8, 4) is 10.4 Å². The first kappa shape index (κ1) is 25.4. The van der Waals surface area contributed by atoms with Crippen LogP contribution in [-0.4, -0.2) is 57.5 Å². The molecule has 0 bridgehead atoms. The van der Waals surface area contributed by atoms with E-state index in [9.17, 15) is 22.8 Å². The van der Waals surface area contributed by atoms with Crippen LogP contribution in [0.1, 0.15) is 72.3 Å². The maximum absolute atomic E-state index is 13.4. The Morgan fingerprint density at radius 1 is 1.31 bits per heavy atom. The smallest absolute Gasteiger partial charge is 0.359 e. The molecule has 0 spiro atoms. The SMILES string of the molecule is CC[C@H](Nc1cc(C)c(-c2sc(C(=O)N[C@H]3C[C@H]3C)nc2C(=O)N2CCC[C@@H]2C)cn1)C(F)(F)F. The van der Waals surface area contributed by atoms with Gasteiger partial charge < -0.3 is 15.5 Å². The molecule has 4 atom stereocenters. The molecule has 0 aromatic carbocycles. The summed E-state index contributed by atoms with van der Waals surface area (Å²) in [6.45, 7) is 7.85. The summed E-state index contributed by atoms with van der Waals surface area (Å²) in [6, 6.07) is 0.00166. The van der Waals surface area contributed by atoms with Gasteiger partial charge in [0, 0.05) is 30.4 Å². The van der Waals surface area contributed by atoms with E-state index in [0.29, 0.717) is 28.5 Å². The molecule has 2 N–H and O–H groups in total. The molecule has 0 unspecified atom stereocenters. The van der Waals surface area contributed by atoms with Crippen molar-refractivity contribution in [2.45, 2.75) is 77.7 Å². The van der Waals surface area contributed by atoms with Crippen molar-refractivity contribution in [1.82, 2.24) is 20.2 Å². The highest BCUT2D eigenvalue weighted by molar-refractivity contribution is 7.17. The van der Waals surface area contributed by atoms with E-state index in [1.54, 1.807) is 11.8 Å². The lowest BCUT2D eigenvalue weighted by Gasteiger charge is -2.22. The number of pyridine rings is 1. The highest BCUT2D eigenvalue weighted by atomic mass is 32.1. The fraction of sp³-hybridized carbons (Fsp3) is 0.583. The molecule has 1 saturated carbocycles. The predicted molar refractivity (Wildman–Crippen MR) is 129 cm³/mol. The zero-order chi connectivity index (χ0) is 25.5. The van der Waals surface area contributed by atoms with E-state index < -0.39 is 12.2 Å². The summed E-state index contributed by atoms with van der Waals surface area (Å²) in [7, 11) is 0. The molecular formula is C24H30F3N5O2S. The van der Waals surface area contributed by atoms with Crippen LogP contribution in [0.5, 0.6) is 0 Å². The molecule has 4 rings (SSSR count). The highest BCUT2D eigenvalue weighted by Gasteiger charge is 2.39. The lowest BCUT2D eigenvalue weighted by molar-refractivity contribution is -0.142. The van der Waals surface area contributed by atoms with Crippen LogP contribution < -0.4 is 10.6 Å². The molecule has 2 fully saturated rings. The van der Waals surface area contributed by atoms with Gasteiger partial charge in [-0.25, -0.2) is 9.97 Å². The first-order valence-electron chi connectivity index (χ1n) is 11.9. The number of aromatic nitrogens is 2. The number of nitrogens with zero attached hydrogens (tertiary/aromatic N) is 3. The van der Waals surface area contributed by atoms with E-state index in [2.05, 4.69) is 27.5 Å². The zero-order valence-corrected chi connectivity index (χ0v) is 21.0.